The van der Waals surface area contributed by atoms with Crippen molar-refractivity contribution in [1.29, 1.82) is 0 Å². The number of methoxy groups -OCH3 is 1. The van der Waals surface area contributed by atoms with Gasteiger partial charge in [-0.1, -0.05) is 6.92 Å². The Balaban J connectivity index is 2.29. The van der Waals surface area contributed by atoms with Crippen LogP contribution in [-0.2, 0) is 14.2 Å². The number of nitrogens with zero attached hydrogens (tertiary/aromatic N) is 2. The zero-order chi connectivity index (χ0) is 17.0. The van der Waals surface area contributed by atoms with Crippen LogP contribution in [0.4, 0.5) is 5.82 Å². The smallest absolute Gasteiger partial charge is 0.351 e. The number of hydrogen-bond acceptors (Lipinski definition) is 7. The number of rotatable bonds is 7. The maximum Gasteiger partial charge on any atom is 0.351 e. The van der Waals surface area contributed by atoms with Gasteiger partial charge in [-0.15, -0.1) is 0 Å². The predicted molar refractivity (Wildman–Crippen MR) is 84.0 cm³/mol. The third-order valence-corrected chi connectivity index (χ3v) is 4.16. The van der Waals surface area contributed by atoms with Gasteiger partial charge >= 0.3 is 5.69 Å². The lowest BCUT2D eigenvalue weighted by Gasteiger charge is -2.33. The van der Waals surface area contributed by atoms with Gasteiger partial charge < -0.3 is 25.1 Å². The van der Waals surface area contributed by atoms with Crippen molar-refractivity contribution in [3.63, 3.8) is 0 Å². The minimum Gasteiger partial charge on any atom is -0.393 e. The lowest BCUT2D eigenvalue weighted by atomic mass is 9.98. The molecule has 1 saturated heterocycles. The summed E-state index contributed by atoms with van der Waals surface area (Å²) in [5.74, 6) is 0.155. The summed E-state index contributed by atoms with van der Waals surface area (Å²) < 4.78 is 18.6. The van der Waals surface area contributed by atoms with Gasteiger partial charge in [-0.3, -0.25) is 4.57 Å². The molecule has 0 spiro atoms. The molecule has 0 aliphatic carbocycles. The minimum atomic E-state index is -1.01. The molecule has 8 heteroatoms. The summed E-state index contributed by atoms with van der Waals surface area (Å²) in [5, 5.41) is 9.87. The van der Waals surface area contributed by atoms with Crippen LogP contribution in [0, 0.1) is 0 Å². The summed E-state index contributed by atoms with van der Waals surface area (Å²) in [6, 6.07) is 1.53. The molecular formula is C15H25N3O5. The molecule has 2 heterocycles. The summed E-state index contributed by atoms with van der Waals surface area (Å²) in [4.78, 5) is 15.7. The van der Waals surface area contributed by atoms with Crippen LogP contribution in [0.15, 0.2) is 17.1 Å². The van der Waals surface area contributed by atoms with E-state index in [0.717, 1.165) is 6.42 Å². The van der Waals surface area contributed by atoms with Crippen molar-refractivity contribution in [3.05, 3.63) is 22.7 Å². The quantitative estimate of drug-likeness (QED) is 0.741. The molecule has 23 heavy (non-hydrogen) atoms. The second-order valence-corrected chi connectivity index (χ2v) is 5.85. The van der Waals surface area contributed by atoms with Crippen LogP contribution in [0.2, 0.25) is 0 Å². The molecular weight excluding hydrogens is 302 g/mol. The van der Waals surface area contributed by atoms with E-state index in [0.29, 0.717) is 6.42 Å². The molecule has 0 saturated carbocycles. The molecule has 1 aliphatic rings. The highest BCUT2D eigenvalue weighted by molar-refractivity contribution is 5.23. The van der Waals surface area contributed by atoms with Crippen LogP contribution in [0.25, 0.3) is 0 Å². The number of aliphatic hydroxyl groups is 1. The van der Waals surface area contributed by atoms with Gasteiger partial charge in [0.1, 0.15) is 17.6 Å². The number of anilines is 1. The molecule has 1 fully saturated rings. The topological polar surface area (TPSA) is 109 Å². The normalized spacial score (nSPS) is 28.9. The second kappa shape index (κ2) is 7.39. The van der Waals surface area contributed by atoms with Crippen LogP contribution in [0.3, 0.4) is 0 Å². The third kappa shape index (κ3) is 3.72. The lowest BCUT2D eigenvalue weighted by Crippen LogP contribution is -2.49. The van der Waals surface area contributed by atoms with Crippen molar-refractivity contribution >= 4 is 5.82 Å². The standard InChI is InChI=1S/C15H25N3O5/c1-4-10(2)22-11-7-13(23-15(11,8-19)9-21-3)18-6-5-12(16)17-14(18)20/h5-6,10-11,13,19H,4,7-9H2,1-3H3,(H2,16,17,20)/t10?,11-,13-,15-/m1/s1. The molecule has 0 aromatic carbocycles. The number of aromatic nitrogens is 2. The molecule has 2 rings (SSSR count). The predicted octanol–water partition coefficient (Wildman–Crippen LogP) is 0.306. The van der Waals surface area contributed by atoms with Gasteiger partial charge in [0.25, 0.3) is 0 Å². The van der Waals surface area contributed by atoms with Crippen LogP contribution in [0.5, 0.6) is 0 Å². The van der Waals surface area contributed by atoms with Crippen molar-refractivity contribution in [2.75, 3.05) is 26.1 Å². The lowest BCUT2D eigenvalue weighted by molar-refractivity contribution is -0.174. The Kier molecular flexibility index (Phi) is 5.74. The van der Waals surface area contributed by atoms with Crippen molar-refractivity contribution < 1.29 is 19.3 Å². The van der Waals surface area contributed by atoms with Gasteiger partial charge in [0.15, 0.2) is 0 Å². The zero-order valence-corrected chi connectivity index (χ0v) is 13.8. The summed E-state index contributed by atoms with van der Waals surface area (Å²) >= 11 is 0. The monoisotopic (exact) mass is 327 g/mol. The Morgan fingerprint density at radius 2 is 2.39 bits per heavy atom. The number of nitrogen functional groups attached to an aromatic ring is 1. The van der Waals surface area contributed by atoms with Crippen LogP contribution in [0.1, 0.15) is 32.9 Å². The zero-order valence-electron chi connectivity index (χ0n) is 13.8. The van der Waals surface area contributed by atoms with Crippen molar-refractivity contribution in [2.45, 2.75) is 50.7 Å². The number of ether oxygens (including phenoxy) is 3. The van der Waals surface area contributed by atoms with E-state index in [1.54, 1.807) is 0 Å². The minimum absolute atomic E-state index is 0.00592. The van der Waals surface area contributed by atoms with E-state index in [1.807, 2.05) is 13.8 Å². The van der Waals surface area contributed by atoms with Crippen molar-refractivity contribution in [2.24, 2.45) is 0 Å². The molecule has 1 unspecified atom stereocenters. The summed E-state index contributed by atoms with van der Waals surface area (Å²) in [6.45, 7) is 3.87. The average Bonchev–Trinajstić information content (AvgIpc) is 2.86. The van der Waals surface area contributed by atoms with Gasteiger partial charge in [0.05, 0.1) is 25.4 Å². The Hall–Kier alpha value is -1.48. The Labute approximate surface area is 135 Å². The van der Waals surface area contributed by atoms with Crippen LogP contribution >= 0.6 is 0 Å². The van der Waals surface area contributed by atoms with Gasteiger partial charge in [0.2, 0.25) is 0 Å². The third-order valence-electron chi connectivity index (χ3n) is 4.16. The number of hydrogen-bond donors (Lipinski definition) is 2. The fourth-order valence-electron chi connectivity index (χ4n) is 2.72. The van der Waals surface area contributed by atoms with E-state index in [1.165, 1.54) is 23.9 Å². The molecule has 0 amide bonds. The molecule has 1 aromatic rings. The van der Waals surface area contributed by atoms with Crippen LogP contribution < -0.4 is 11.4 Å². The van der Waals surface area contributed by atoms with Crippen LogP contribution in [-0.4, -0.2) is 52.8 Å². The first-order chi connectivity index (χ1) is 11.0. The van der Waals surface area contributed by atoms with Crippen molar-refractivity contribution in [1.82, 2.24) is 9.55 Å². The van der Waals surface area contributed by atoms with E-state index in [4.69, 9.17) is 19.9 Å². The SMILES string of the molecule is CCC(C)O[C@@H]1C[C@H](n2ccc(N)nc2=O)O[C@]1(CO)COC. The van der Waals surface area contributed by atoms with E-state index in [9.17, 15) is 9.90 Å². The fourth-order valence-corrected chi connectivity index (χ4v) is 2.72. The molecule has 4 atom stereocenters. The molecule has 0 radical (unpaired) electrons. The average molecular weight is 327 g/mol. The van der Waals surface area contributed by atoms with Crippen molar-refractivity contribution in [3.8, 4) is 0 Å². The first-order valence-electron chi connectivity index (χ1n) is 7.73. The van der Waals surface area contributed by atoms with Gasteiger partial charge in [-0.2, -0.15) is 4.98 Å². The number of nitrogens with two attached hydrogens (primary N) is 1. The molecule has 8 nitrogen and oxygen atoms in total. The molecule has 3 N–H and O–H groups in total. The Bertz CT molecular complexity index is 578. The molecule has 130 valence electrons. The van der Waals surface area contributed by atoms with E-state index in [2.05, 4.69) is 4.98 Å². The summed E-state index contributed by atoms with van der Waals surface area (Å²) in [7, 11) is 1.53. The molecule has 1 aromatic heterocycles. The first-order valence-corrected chi connectivity index (χ1v) is 7.73. The maximum absolute atomic E-state index is 12.0. The maximum atomic E-state index is 12.0. The van der Waals surface area contributed by atoms with E-state index < -0.39 is 23.6 Å². The highest BCUT2D eigenvalue weighted by Crippen LogP contribution is 2.39. The highest BCUT2D eigenvalue weighted by atomic mass is 16.6. The van der Waals surface area contributed by atoms with Gasteiger partial charge in [0, 0.05) is 19.7 Å². The van der Waals surface area contributed by atoms with E-state index >= 15 is 0 Å². The highest BCUT2D eigenvalue weighted by Gasteiger charge is 2.50. The summed E-state index contributed by atoms with van der Waals surface area (Å²) in [5.41, 5.74) is 4.01. The largest absolute Gasteiger partial charge is 0.393 e. The van der Waals surface area contributed by atoms with E-state index in [-0.39, 0.29) is 25.1 Å². The molecule has 0 bridgehead atoms. The Morgan fingerprint density at radius 3 is 2.96 bits per heavy atom. The van der Waals surface area contributed by atoms with Gasteiger partial charge in [-0.25, -0.2) is 4.79 Å². The fraction of sp³-hybridized carbons (Fsp3) is 0.733. The molecule has 1 aliphatic heterocycles. The Morgan fingerprint density at radius 1 is 1.65 bits per heavy atom. The van der Waals surface area contributed by atoms with Gasteiger partial charge in [-0.05, 0) is 19.4 Å². The number of aliphatic hydroxyl groups excluding tert-OH is 1. The summed E-state index contributed by atoms with van der Waals surface area (Å²) in [6.07, 6.45) is 1.81. The first kappa shape index (κ1) is 17.9. The second-order valence-electron chi connectivity index (χ2n) is 5.85.